The van der Waals surface area contributed by atoms with E-state index in [0.29, 0.717) is 11.3 Å². The number of rotatable bonds is 4. The number of amides is 1. The van der Waals surface area contributed by atoms with E-state index < -0.39 is 11.9 Å². The molecule has 0 aromatic heterocycles. The first-order valence-corrected chi connectivity index (χ1v) is 6.72. The summed E-state index contributed by atoms with van der Waals surface area (Å²) in [6, 6.07) is 5.48. The van der Waals surface area contributed by atoms with Crippen molar-refractivity contribution in [2.45, 2.75) is 32.8 Å². The molecule has 0 saturated carbocycles. The van der Waals surface area contributed by atoms with Crippen LogP contribution >= 0.6 is 0 Å². The minimum Gasteiger partial charge on any atom is -0.489 e. The molecule has 3 atom stereocenters. The molecule has 108 valence electrons. The zero-order valence-electron chi connectivity index (χ0n) is 11.8. The molecule has 0 saturated heterocycles. The molecule has 0 radical (unpaired) electrons. The highest BCUT2D eigenvalue weighted by Gasteiger charge is 2.31. The molecular weight excluding hydrogens is 258 g/mol. The summed E-state index contributed by atoms with van der Waals surface area (Å²) >= 11 is 0. The number of hydrogen-bond donors (Lipinski definition) is 2. The second-order valence-corrected chi connectivity index (χ2v) is 5.28. The van der Waals surface area contributed by atoms with E-state index in [-0.39, 0.29) is 24.5 Å². The lowest BCUT2D eigenvalue weighted by atomic mass is 9.97. The third-order valence-electron chi connectivity index (χ3n) is 3.78. The van der Waals surface area contributed by atoms with Gasteiger partial charge in [0.25, 0.3) is 5.91 Å². The fraction of sp³-hybridized carbons (Fsp3) is 0.467. The molecule has 1 aliphatic heterocycles. The van der Waals surface area contributed by atoms with Crippen LogP contribution < -0.4 is 10.1 Å². The number of nitrogens with one attached hydrogen (secondary N) is 1. The molecule has 2 N–H and O–H groups in total. The first-order valence-electron chi connectivity index (χ1n) is 6.72. The summed E-state index contributed by atoms with van der Waals surface area (Å²) in [5, 5.41) is 11.5. The van der Waals surface area contributed by atoms with Crippen LogP contribution in [0.1, 0.15) is 42.6 Å². The molecule has 2 rings (SSSR count). The van der Waals surface area contributed by atoms with Crippen molar-refractivity contribution >= 4 is 11.9 Å². The van der Waals surface area contributed by atoms with Crippen LogP contribution in [0.25, 0.3) is 0 Å². The van der Waals surface area contributed by atoms with Gasteiger partial charge in [-0.3, -0.25) is 9.59 Å². The highest BCUT2D eigenvalue weighted by Crippen LogP contribution is 2.40. The van der Waals surface area contributed by atoms with Gasteiger partial charge in [0.15, 0.2) is 0 Å². The first kappa shape index (κ1) is 14.4. The van der Waals surface area contributed by atoms with Gasteiger partial charge in [-0.1, -0.05) is 26.0 Å². The maximum Gasteiger partial charge on any atom is 0.308 e. The van der Waals surface area contributed by atoms with Gasteiger partial charge in [0.05, 0.1) is 11.5 Å². The second-order valence-electron chi connectivity index (χ2n) is 5.28. The van der Waals surface area contributed by atoms with E-state index in [1.807, 2.05) is 19.1 Å². The monoisotopic (exact) mass is 277 g/mol. The summed E-state index contributed by atoms with van der Waals surface area (Å²) < 4.78 is 5.75. The summed E-state index contributed by atoms with van der Waals surface area (Å²) in [4.78, 5) is 22.9. The van der Waals surface area contributed by atoms with Crippen molar-refractivity contribution in [2.24, 2.45) is 5.92 Å². The zero-order valence-corrected chi connectivity index (χ0v) is 11.8. The van der Waals surface area contributed by atoms with Crippen LogP contribution in [-0.4, -0.2) is 29.6 Å². The van der Waals surface area contributed by atoms with E-state index in [9.17, 15) is 9.59 Å². The van der Waals surface area contributed by atoms with Gasteiger partial charge in [0.1, 0.15) is 11.9 Å². The zero-order chi connectivity index (χ0) is 14.9. The molecular formula is C15H19NO4. The fourth-order valence-corrected chi connectivity index (χ4v) is 2.19. The Morgan fingerprint density at radius 1 is 1.40 bits per heavy atom. The quantitative estimate of drug-likeness (QED) is 0.883. The number of hydrogen-bond acceptors (Lipinski definition) is 3. The van der Waals surface area contributed by atoms with Gasteiger partial charge in [0.2, 0.25) is 0 Å². The van der Waals surface area contributed by atoms with Crippen LogP contribution in [0.15, 0.2) is 18.2 Å². The topological polar surface area (TPSA) is 75.6 Å². The average molecular weight is 277 g/mol. The predicted octanol–water partition coefficient (Wildman–Crippen LogP) is 2.02. The van der Waals surface area contributed by atoms with E-state index in [4.69, 9.17) is 9.84 Å². The minimum atomic E-state index is -0.929. The standard InChI is InChI=1S/C15H19NO4/c1-8(15(18)19)7-16-14(17)12-6-4-5-11-9(2)10(3)20-13(11)12/h4-6,8-10H,7H2,1-3H3,(H,16,17)(H,18,19). The largest absolute Gasteiger partial charge is 0.489 e. The Hall–Kier alpha value is -2.04. The minimum absolute atomic E-state index is 0.0388. The molecule has 0 bridgehead atoms. The van der Waals surface area contributed by atoms with Gasteiger partial charge in [-0.15, -0.1) is 0 Å². The van der Waals surface area contributed by atoms with Crippen LogP contribution in [0.4, 0.5) is 0 Å². The Kier molecular flexibility index (Phi) is 3.97. The number of ether oxygens (including phenoxy) is 1. The molecule has 1 heterocycles. The van der Waals surface area contributed by atoms with Crippen LogP contribution in [0.2, 0.25) is 0 Å². The first-order chi connectivity index (χ1) is 9.41. The lowest BCUT2D eigenvalue weighted by Crippen LogP contribution is -2.31. The number of benzene rings is 1. The fourth-order valence-electron chi connectivity index (χ4n) is 2.19. The van der Waals surface area contributed by atoms with Gasteiger partial charge < -0.3 is 15.2 Å². The highest BCUT2D eigenvalue weighted by molar-refractivity contribution is 5.97. The van der Waals surface area contributed by atoms with Crippen LogP contribution in [0, 0.1) is 5.92 Å². The van der Waals surface area contributed by atoms with Gasteiger partial charge in [-0.25, -0.2) is 0 Å². The predicted molar refractivity (Wildman–Crippen MR) is 74.1 cm³/mol. The molecule has 0 aliphatic carbocycles. The van der Waals surface area contributed by atoms with Crippen molar-refractivity contribution in [2.75, 3.05) is 6.54 Å². The molecule has 1 aliphatic rings. The Balaban J connectivity index is 2.15. The van der Waals surface area contributed by atoms with Crippen molar-refractivity contribution in [3.05, 3.63) is 29.3 Å². The van der Waals surface area contributed by atoms with Crippen LogP contribution in [0.3, 0.4) is 0 Å². The third kappa shape index (κ3) is 2.61. The van der Waals surface area contributed by atoms with Crippen LogP contribution in [0.5, 0.6) is 5.75 Å². The van der Waals surface area contributed by atoms with Gasteiger partial charge in [0, 0.05) is 18.0 Å². The van der Waals surface area contributed by atoms with E-state index >= 15 is 0 Å². The molecule has 5 heteroatoms. The lowest BCUT2D eigenvalue weighted by Gasteiger charge is -2.11. The Morgan fingerprint density at radius 2 is 2.10 bits per heavy atom. The van der Waals surface area contributed by atoms with Crippen molar-refractivity contribution in [1.29, 1.82) is 0 Å². The molecule has 1 aromatic rings. The molecule has 20 heavy (non-hydrogen) atoms. The van der Waals surface area contributed by atoms with Gasteiger partial charge in [-0.2, -0.15) is 0 Å². The summed E-state index contributed by atoms with van der Waals surface area (Å²) in [6.07, 6.45) is 0.0388. The maximum absolute atomic E-state index is 12.2. The Bertz CT molecular complexity index is 541. The van der Waals surface area contributed by atoms with Gasteiger partial charge >= 0.3 is 5.97 Å². The number of carbonyl (C=O) groups is 2. The van der Waals surface area contributed by atoms with E-state index in [1.54, 1.807) is 13.0 Å². The molecule has 5 nitrogen and oxygen atoms in total. The molecule has 1 aromatic carbocycles. The Labute approximate surface area is 117 Å². The summed E-state index contributed by atoms with van der Waals surface area (Å²) in [5.74, 6) is -0.975. The smallest absolute Gasteiger partial charge is 0.308 e. The third-order valence-corrected chi connectivity index (χ3v) is 3.78. The van der Waals surface area contributed by atoms with Crippen LogP contribution in [-0.2, 0) is 4.79 Å². The van der Waals surface area contributed by atoms with Crippen molar-refractivity contribution in [3.63, 3.8) is 0 Å². The SMILES string of the molecule is CC(CNC(=O)c1cccc2c1OC(C)C2C)C(=O)O. The lowest BCUT2D eigenvalue weighted by molar-refractivity contribution is -0.140. The normalized spacial score (nSPS) is 21.8. The molecule has 0 fully saturated rings. The number of para-hydroxylation sites is 1. The second kappa shape index (κ2) is 5.53. The molecule has 3 unspecified atom stereocenters. The highest BCUT2D eigenvalue weighted by atomic mass is 16.5. The van der Waals surface area contributed by atoms with E-state index in [2.05, 4.69) is 12.2 Å². The summed E-state index contributed by atoms with van der Waals surface area (Å²) in [6.45, 7) is 5.69. The van der Waals surface area contributed by atoms with E-state index in [0.717, 1.165) is 5.56 Å². The number of carbonyl (C=O) groups excluding carboxylic acids is 1. The van der Waals surface area contributed by atoms with Crippen molar-refractivity contribution < 1.29 is 19.4 Å². The van der Waals surface area contributed by atoms with Gasteiger partial charge in [-0.05, 0) is 13.0 Å². The summed E-state index contributed by atoms with van der Waals surface area (Å²) in [5.41, 5.74) is 1.49. The maximum atomic E-state index is 12.2. The molecule has 1 amide bonds. The van der Waals surface area contributed by atoms with Crippen molar-refractivity contribution in [1.82, 2.24) is 5.32 Å². The Morgan fingerprint density at radius 3 is 2.75 bits per heavy atom. The average Bonchev–Trinajstić information content (AvgIpc) is 2.71. The number of fused-ring (bicyclic) bond motifs is 1. The summed E-state index contributed by atoms with van der Waals surface area (Å²) in [7, 11) is 0. The molecule has 0 spiro atoms. The number of carboxylic acid groups (broad SMARTS) is 1. The van der Waals surface area contributed by atoms with Crippen molar-refractivity contribution in [3.8, 4) is 5.75 Å². The number of carboxylic acids is 1. The van der Waals surface area contributed by atoms with E-state index in [1.165, 1.54) is 0 Å². The number of aliphatic carboxylic acids is 1.